The van der Waals surface area contributed by atoms with Gasteiger partial charge in [-0.3, -0.25) is 0 Å². The molecule has 3 rings (SSSR count). The van der Waals surface area contributed by atoms with Gasteiger partial charge in [0.1, 0.15) is 0 Å². The van der Waals surface area contributed by atoms with E-state index in [1.807, 2.05) is 24.3 Å². The number of nitrogens with one attached hydrogen (secondary N) is 2. The van der Waals surface area contributed by atoms with Gasteiger partial charge in [-0.2, -0.15) is 0 Å². The van der Waals surface area contributed by atoms with Crippen LogP contribution in [0.1, 0.15) is 11.1 Å². The molecule has 0 aliphatic rings. The van der Waals surface area contributed by atoms with Crippen molar-refractivity contribution in [1.29, 1.82) is 0 Å². The fourth-order valence-corrected chi connectivity index (χ4v) is 2.57. The Morgan fingerprint density at radius 1 is 0.577 bits per heavy atom. The Bertz CT molecular complexity index is 841. The third-order valence-corrected chi connectivity index (χ3v) is 4.03. The van der Waals surface area contributed by atoms with E-state index in [9.17, 15) is 20.4 Å². The first-order chi connectivity index (χ1) is 12.5. The second-order valence-electron chi connectivity index (χ2n) is 5.86. The molecule has 0 aromatic heterocycles. The van der Waals surface area contributed by atoms with Gasteiger partial charge in [0.25, 0.3) is 0 Å². The molecule has 0 amide bonds. The Labute approximate surface area is 151 Å². The number of hydrogen-bond donors (Lipinski definition) is 6. The van der Waals surface area contributed by atoms with E-state index >= 15 is 0 Å². The average Bonchev–Trinajstić information content (AvgIpc) is 2.64. The predicted molar refractivity (Wildman–Crippen MR) is 101 cm³/mol. The zero-order valence-corrected chi connectivity index (χ0v) is 14.0. The minimum atomic E-state index is -0.148. The topological polar surface area (TPSA) is 105 Å². The molecule has 26 heavy (non-hydrogen) atoms. The van der Waals surface area contributed by atoms with Crippen LogP contribution in [0.5, 0.6) is 23.0 Å². The summed E-state index contributed by atoms with van der Waals surface area (Å²) >= 11 is 0. The molecule has 6 heteroatoms. The second kappa shape index (κ2) is 7.57. The van der Waals surface area contributed by atoms with Gasteiger partial charge in [-0.05, 0) is 30.3 Å². The number of benzene rings is 3. The van der Waals surface area contributed by atoms with Crippen LogP contribution in [0.15, 0.2) is 60.7 Å². The highest BCUT2D eigenvalue weighted by Gasteiger charge is 2.07. The van der Waals surface area contributed by atoms with Gasteiger partial charge >= 0.3 is 0 Å². The van der Waals surface area contributed by atoms with Gasteiger partial charge in [0.2, 0.25) is 0 Å². The molecule has 6 nitrogen and oxygen atoms in total. The summed E-state index contributed by atoms with van der Waals surface area (Å²) in [6, 6.07) is 17.2. The summed E-state index contributed by atoms with van der Waals surface area (Å²) in [6.45, 7) is 0.716. The smallest absolute Gasteiger partial charge is 0.162 e. The lowest BCUT2D eigenvalue weighted by molar-refractivity contribution is 0.400. The average molecular weight is 352 g/mol. The number of phenolic OH excluding ortho intramolecular Hbond substituents is 4. The van der Waals surface area contributed by atoms with Crippen LogP contribution in [0.4, 0.5) is 11.4 Å². The summed E-state index contributed by atoms with van der Waals surface area (Å²) < 4.78 is 0. The third-order valence-electron chi connectivity index (χ3n) is 4.03. The lowest BCUT2D eigenvalue weighted by atomic mass is 10.1. The Kier molecular flexibility index (Phi) is 5.03. The van der Waals surface area contributed by atoms with Crippen molar-refractivity contribution in [3.63, 3.8) is 0 Å². The highest BCUT2D eigenvalue weighted by atomic mass is 16.3. The van der Waals surface area contributed by atoms with Crippen molar-refractivity contribution in [2.75, 3.05) is 10.6 Å². The SMILES string of the molecule is Oc1cccc(CNc2cccc(NCc3cccc(O)c3O)c2)c1O. The molecule has 0 saturated heterocycles. The number of hydrogen-bond acceptors (Lipinski definition) is 6. The maximum Gasteiger partial charge on any atom is 0.162 e. The zero-order valence-electron chi connectivity index (χ0n) is 14.0. The molecule has 0 spiro atoms. The monoisotopic (exact) mass is 352 g/mol. The normalized spacial score (nSPS) is 10.5. The highest BCUT2D eigenvalue weighted by molar-refractivity contribution is 5.58. The molecule has 0 unspecified atom stereocenters. The van der Waals surface area contributed by atoms with Crippen LogP contribution in [-0.4, -0.2) is 20.4 Å². The van der Waals surface area contributed by atoms with Gasteiger partial charge < -0.3 is 31.1 Å². The van der Waals surface area contributed by atoms with Crippen LogP contribution < -0.4 is 10.6 Å². The van der Waals surface area contributed by atoms with Crippen LogP contribution >= 0.6 is 0 Å². The largest absolute Gasteiger partial charge is 0.504 e. The number of anilines is 2. The van der Waals surface area contributed by atoms with Crippen LogP contribution in [0, 0.1) is 0 Å². The van der Waals surface area contributed by atoms with E-state index in [0.29, 0.717) is 24.2 Å². The molecule has 0 atom stereocenters. The summed E-state index contributed by atoms with van der Waals surface area (Å²) in [5.41, 5.74) is 2.84. The first-order valence-electron chi connectivity index (χ1n) is 8.12. The molecule has 3 aromatic carbocycles. The minimum Gasteiger partial charge on any atom is -0.504 e. The first-order valence-corrected chi connectivity index (χ1v) is 8.12. The first kappa shape index (κ1) is 17.3. The molecule has 0 aliphatic carbocycles. The quantitative estimate of drug-likeness (QED) is 0.378. The lowest BCUT2D eigenvalue weighted by Crippen LogP contribution is -2.02. The fourth-order valence-electron chi connectivity index (χ4n) is 2.57. The van der Waals surface area contributed by atoms with Crippen LogP contribution in [0.3, 0.4) is 0 Å². The highest BCUT2D eigenvalue weighted by Crippen LogP contribution is 2.30. The lowest BCUT2D eigenvalue weighted by Gasteiger charge is -2.12. The van der Waals surface area contributed by atoms with E-state index in [1.165, 1.54) is 12.1 Å². The Morgan fingerprint density at radius 3 is 1.46 bits per heavy atom. The van der Waals surface area contributed by atoms with Gasteiger partial charge in [-0.25, -0.2) is 0 Å². The Hall–Kier alpha value is -3.54. The molecule has 0 aliphatic heterocycles. The van der Waals surface area contributed by atoms with E-state index in [1.54, 1.807) is 24.3 Å². The van der Waals surface area contributed by atoms with Gasteiger partial charge in [0, 0.05) is 35.6 Å². The van der Waals surface area contributed by atoms with E-state index in [4.69, 9.17) is 0 Å². The third kappa shape index (κ3) is 3.92. The molecule has 6 N–H and O–H groups in total. The second-order valence-corrected chi connectivity index (χ2v) is 5.86. The number of rotatable bonds is 6. The molecule has 0 heterocycles. The van der Waals surface area contributed by atoms with Gasteiger partial charge in [0.05, 0.1) is 0 Å². The molecule has 0 saturated carbocycles. The summed E-state index contributed by atoms with van der Waals surface area (Å²) in [4.78, 5) is 0. The van der Waals surface area contributed by atoms with Crippen molar-refractivity contribution in [3.05, 3.63) is 71.8 Å². The van der Waals surface area contributed by atoms with Gasteiger partial charge in [-0.1, -0.05) is 30.3 Å². The van der Waals surface area contributed by atoms with Crippen LogP contribution in [-0.2, 0) is 13.1 Å². The van der Waals surface area contributed by atoms with Gasteiger partial charge in [0.15, 0.2) is 23.0 Å². The molecular formula is C20H20N2O4. The maximum absolute atomic E-state index is 9.84. The molecule has 0 fully saturated rings. The van der Waals surface area contributed by atoms with E-state index in [-0.39, 0.29) is 23.0 Å². The summed E-state index contributed by atoms with van der Waals surface area (Å²) in [6.07, 6.45) is 0. The summed E-state index contributed by atoms with van der Waals surface area (Å²) in [5.74, 6) is -0.557. The van der Waals surface area contributed by atoms with Crippen LogP contribution in [0.25, 0.3) is 0 Å². The minimum absolute atomic E-state index is 0.131. The molecular weight excluding hydrogens is 332 g/mol. The van der Waals surface area contributed by atoms with E-state index < -0.39 is 0 Å². The number of aromatic hydroxyl groups is 4. The standard InChI is InChI=1S/C20H20N2O4/c23-17-8-1-4-13(19(17)25)11-21-15-6-3-7-16(10-15)22-12-14-5-2-9-18(24)20(14)26/h1-10,21-26H,11-12H2. The van der Waals surface area contributed by atoms with Crippen molar-refractivity contribution in [2.24, 2.45) is 0 Å². The van der Waals surface area contributed by atoms with Crippen molar-refractivity contribution in [3.8, 4) is 23.0 Å². The predicted octanol–water partition coefficient (Wildman–Crippen LogP) is 3.73. The summed E-state index contributed by atoms with van der Waals surface area (Å²) in [5, 5.41) is 45.1. The van der Waals surface area contributed by atoms with E-state index in [2.05, 4.69) is 10.6 Å². The molecule has 134 valence electrons. The van der Waals surface area contributed by atoms with Crippen molar-refractivity contribution >= 4 is 11.4 Å². The van der Waals surface area contributed by atoms with Crippen molar-refractivity contribution in [2.45, 2.75) is 13.1 Å². The number of para-hydroxylation sites is 2. The maximum atomic E-state index is 9.84. The molecule has 0 bridgehead atoms. The van der Waals surface area contributed by atoms with Gasteiger partial charge in [-0.15, -0.1) is 0 Å². The zero-order chi connectivity index (χ0) is 18.5. The molecule has 3 aromatic rings. The van der Waals surface area contributed by atoms with E-state index in [0.717, 1.165) is 11.4 Å². The van der Waals surface area contributed by atoms with Crippen molar-refractivity contribution < 1.29 is 20.4 Å². The van der Waals surface area contributed by atoms with Crippen molar-refractivity contribution in [1.82, 2.24) is 0 Å². The summed E-state index contributed by atoms with van der Waals surface area (Å²) in [7, 11) is 0. The van der Waals surface area contributed by atoms with Crippen LogP contribution in [0.2, 0.25) is 0 Å². The molecule has 0 radical (unpaired) electrons. The fraction of sp³-hybridized carbons (Fsp3) is 0.100. The Morgan fingerprint density at radius 2 is 1.00 bits per heavy atom. The number of phenols is 4. The Balaban J connectivity index is 1.64.